The second-order valence-corrected chi connectivity index (χ2v) is 6.99. The van der Waals surface area contributed by atoms with Gasteiger partial charge in [0.15, 0.2) is 0 Å². The Kier molecular flexibility index (Phi) is 4.09. The van der Waals surface area contributed by atoms with Crippen LogP contribution in [0.4, 0.5) is 28.0 Å². The third-order valence-corrected chi connectivity index (χ3v) is 5.37. The van der Waals surface area contributed by atoms with E-state index in [0.717, 1.165) is 11.6 Å². The van der Waals surface area contributed by atoms with Gasteiger partial charge in [-0.25, -0.2) is 9.78 Å². The van der Waals surface area contributed by atoms with Gasteiger partial charge >= 0.3 is 12.2 Å². The van der Waals surface area contributed by atoms with Crippen LogP contribution in [0.25, 0.3) is 0 Å². The summed E-state index contributed by atoms with van der Waals surface area (Å²) < 4.78 is 53.3. The quantitative estimate of drug-likeness (QED) is 0.569. The van der Waals surface area contributed by atoms with Crippen molar-refractivity contribution in [2.45, 2.75) is 44.4 Å². The molecule has 1 fully saturated rings. The number of hydrogen-bond donors (Lipinski definition) is 1. The Balaban J connectivity index is 1.60. The molecule has 0 spiro atoms. The van der Waals surface area contributed by atoms with Gasteiger partial charge in [-0.1, -0.05) is 6.07 Å². The fourth-order valence-corrected chi connectivity index (χ4v) is 4.12. The Hall–Kier alpha value is -2.64. The lowest BCUT2D eigenvalue weighted by atomic mass is 9.95. The zero-order valence-electron chi connectivity index (χ0n) is 14.5. The molecular formula is C19H17F4N3O. The van der Waals surface area contributed by atoms with E-state index in [-0.39, 0.29) is 23.3 Å². The topological polar surface area (TPSA) is 45.2 Å². The summed E-state index contributed by atoms with van der Waals surface area (Å²) in [4.78, 5) is 18.1. The van der Waals surface area contributed by atoms with Crippen LogP contribution in [-0.4, -0.2) is 22.0 Å². The van der Waals surface area contributed by atoms with Crippen LogP contribution in [-0.2, 0) is 12.6 Å². The van der Waals surface area contributed by atoms with Crippen LogP contribution < -0.4 is 5.32 Å². The van der Waals surface area contributed by atoms with Crippen molar-refractivity contribution in [2.75, 3.05) is 5.32 Å². The molecule has 0 saturated carbocycles. The van der Waals surface area contributed by atoms with E-state index in [9.17, 15) is 22.4 Å². The number of pyridine rings is 1. The van der Waals surface area contributed by atoms with Crippen molar-refractivity contribution in [3.05, 3.63) is 58.7 Å². The van der Waals surface area contributed by atoms with Crippen molar-refractivity contribution < 1.29 is 22.4 Å². The maximum Gasteiger partial charge on any atom is 0.416 e. The molecule has 0 aliphatic carbocycles. The summed E-state index contributed by atoms with van der Waals surface area (Å²) in [5.74, 6) is -0.516. The van der Waals surface area contributed by atoms with Crippen LogP contribution in [0.3, 0.4) is 0 Å². The molecule has 142 valence electrons. The number of aryl methyl sites for hydroxylation is 1. The molecule has 2 atom stereocenters. The van der Waals surface area contributed by atoms with Crippen molar-refractivity contribution in [3.63, 3.8) is 0 Å². The van der Waals surface area contributed by atoms with Gasteiger partial charge in [0.1, 0.15) is 0 Å². The lowest BCUT2D eigenvalue weighted by molar-refractivity contribution is -0.138. The average molecular weight is 379 g/mol. The summed E-state index contributed by atoms with van der Waals surface area (Å²) in [5, 5.41) is 2.58. The fourth-order valence-electron chi connectivity index (χ4n) is 4.12. The number of nitrogens with one attached hydrogen (secondary N) is 1. The summed E-state index contributed by atoms with van der Waals surface area (Å²) >= 11 is 0. The van der Waals surface area contributed by atoms with Crippen LogP contribution in [0.1, 0.15) is 41.1 Å². The van der Waals surface area contributed by atoms with E-state index >= 15 is 0 Å². The molecule has 27 heavy (non-hydrogen) atoms. The van der Waals surface area contributed by atoms with E-state index < -0.39 is 23.7 Å². The maximum atomic E-state index is 14.0. The first-order valence-corrected chi connectivity index (χ1v) is 8.66. The van der Waals surface area contributed by atoms with Gasteiger partial charge in [0, 0.05) is 23.5 Å². The maximum absolute atomic E-state index is 14.0. The molecule has 1 saturated heterocycles. The van der Waals surface area contributed by atoms with Crippen LogP contribution in [0.15, 0.2) is 30.5 Å². The molecule has 3 heterocycles. The fraction of sp³-hybridized carbons (Fsp3) is 0.368. The first-order valence-electron chi connectivity index (χ1n) is 8.66. The number of urea groups is 1. The molecule has 2 amide bonds. The Morgan fingerprint density at radius 2 is 2.04 bits per heavy atom. The Bertz CT molecular complexity index is 912. The highest BCUT2D eigenvalue weighted by atomic mass is 19.4. The summed E-state index contributed by atoms with van der Waals surface area (Å²) in [6, 6.07) is 4.49. The number of nitrogens with zero attached hydrogens (tertiary/aromatic N) is 2. The Labute approximate surface area is 153 Å². The zero-order valence-corrected chi connectivity index (χ0v) is 14.5. The van der Waals surface area contributed by atoms with Crippen LogP contribution >= 0.6 is 0 Å². The number of carbonyl (C=O) groups excluding carboxylic acids is 1. The Morgan fingerprint density at radius 3 is 2.78 bits per heavy atom. The molecule has 2 aromatic rings. The monoisotopic (exact) mass is 379 g/mol. The van der Waals surface area contributed by atoms with E-state index in [0.29, 0.717) is 24.8 Å². The van der Waals surface area contributed by atoms with Crippen LogP contribution in [0, 0.1) is 12.9 Å². The molecule has 2 aliphatic rings. The molecule has 8 heteroatoms. The average Bonchev–Trinajstić information content (AvgIpc) is 2.92. The van der Waals surface area contributed by atoms with Crippen molar-refractivity contribution in [2.24, 2.45) is 0 Å². The van der Waals surface area contributed by atoms with Gasteiger partial charge in [-0.3, -0.25) is 0 Å². The van der Waals surface area contributed by atoms with E-state index in [4.69, 9.17) is 0 Å². The third-order valence-electron chi connectivity index (χ3n) is 5.37. The highest BCUT2D eigenvalue weighted by Gasteiger charge is 2.43. The lowest BCUT2D eigenvalue weighted by Gasteiger charge is -2.36. The normalized spacial score (nSPS) is 21.1. The molecule has 4 rings (SSSR count). The van der Waals surface area contributed by atoms with E-state index in [1.54, 1.807) is 11.0 Å². The molecule has 2 bridgehead atoms. The highest BCUT2D eigenvalue weighted by molar-refractivity contribution is 5.90. The van der Waals surface area contributed by atoms with Gasteiger partial charge < -0.3 is 10.2 Å². The minimum absolute atomic E-state index is 0.0871. The molecule has 1 N–H and O–H groups in total. The number of alkyl halides is 3. The van der Waals surface area contributed by atoms with Gasteiger partial charge in [-0.05, 0) is 55.5 Å². The predicted octanol–water partition coefficient (Wildman–Crippen LogP) is 4.84. The van der Waals surface area contributed by atoms with E-state index in [2.05, 4.69) is 10.3 Å². The summed E-state index contributed by atoms with van der Waals surface area (Å²) in [6.07, 6.45) is -1.35. The smallest absolute Gasteiger partial charge is 0.314 e. The zero-order chi connectivity index (χ0) is 19.3. The molecule has 2 aliphatic heterocycles. The Morgan fingerprint density at radius 1 is 1.26 bits per heavy atom. The molecule has 1 aromatic carbocycles. The molecule has 1 aromatic heterocycles. The molecule has 0 radical (unpaired) electrons. The van der Waals surface area contributed by atoms with Crippen molar-refractivity contribution in [3.8, 4) is 0 Å². The number of carbonyl (C=O) groups is 1. The number of aromatic nitrogens is 1. The van der Waals surface area contributed by atoms with Gasteiger partial charge in [-0.15, -0.1) is 0 Å². The van der Waals surface area contributed by atoms with Crippen molar-refractivity contribution in [1.29, 1.82) is 0 Å². The minimum Gasteiger partial charge on any atom is -0.314 e. The highest BCUT2D eigenvalue weighted by Crippen LogP contribution is 2.44. The summed E-state index contributed by atoms with van der Waals surface area (Å²) in [7, 11) is 0. The van der Waals surface area contributed by atoms with Gasteiger partial charge in [0.25, 0.3) is 0 Å². The SMILES string of the molecule is Cc1ccc(NC(=O)N2[C@H]3CC[C@@H]2c2ccnc(F)c2C3)cc1C(F)(F)F. The standard InChI is InChI=1S/C19H17F4N3O/c1-10-2-3-11(8-15(10)19(21,22)23)25-18(27)26-12-4-5-16(26)13-6-7-24-17(20)14(13)9-12/h2-3,6-8,12,16H,4-5,9H2,1H3,(H,25,27)/t12-,16+/m0/s1. The first-order chi connectivity index (χ1) is 12.8. The number of benzene rings is 1. The lowest BCUT2D eigenvalue weighted by Crippen LogP contribution is -2.44. The van der Waals surface area contributed by atoms with Crippen LogP contribution in [0.5, 0.6) is 0 Å². The number of amides is 2. The number of halogens is 4. The number of anilines is 1. The molecule has 0 unspecified atom stereocenters. The number of hydrogen-bond acceptors (Lipinski definition) is 2. The van der Waals surface area contributed by atoms with Crippen molar-refractivity contribution in [1.82, 2.24) is 9.88 Å². The molecular weight excluding hydrogens is 362 g/mol. The minimum atomic E-state index is -4.49. The van der Waals surface area contributed by atoms with Gasteiger partial charge in [0.05, 0.1) is 11.6 Å². The largest absolute Gasteiger partial charge is 0.416 e. The van der Waals surface area contributed by atoms with Gasteiger partial charge in [0.2, 0.25) is 5.95 Å². The second-order valence-electron chi connectivity index (χ2n) is 6.99. The number of rotatable bonds is 1. The third kappa shape index (κ3) is 3.02. The van der Waals surface area contributed by atoms with E-state index in [1.165, 1.54) is 25.3 Å². The van der Waals surface area contributed by atoms with Crippen molar-refractivity contribution >= 4 is 11.7 Å². The summed E-state index contributed by atoms with van der Waals surface area (Å²) in [5.41, 5.74) is 0.662. The first kappa shape index (κ1) is 17.8. The van der Waals surface area contributed by atoms with Gasteiger partial charge in [-0.2, -0.15) is 17.6 Å². The molecule has 4 nitrogen and oxygen atoms in total. The summed E-state index contributed by atoms with van der Waals surface area (Å²) in [6.45, 7) is 1.37. The second kappa shape index (κ2) is 6.21. The van der Waals surface area contributed by atoms with Crippen LogP contribution in [0.2, 0.25) is 0 Å². The predicted molar refractivity (Wildman–Crippen MR) is 90.7 cm³/mol. The van der Waals surface area contributed by atoms with E-state index in [1.807, 2.05) is 0 Å². The number of fused-ring (bicyclic) bond motifs is 4.